The fraction of sp³-hybridized carbons (Fsp3) is 0.222. The lowest BCUT2D eigenvalue weighted by molar-refractivity contribution is 0.917. The van der Waals surface area contributed by atoms with Crippen LogP contribution in [-0.4, -0.2) is 16.4 Å². The molecule has 2 aromatic heterocycles. The molecule has 0 spiro atoms. The first-order valence-electron chi connectivity index (χ1n) is 7.29. The summed E-state index contributed by atoms with van der Waals surface area (Å²) in [5, 5.41) is 8.99. The summed E-state index contributed by atoms with van der Waals surface area (Å²) in [6, 6.07) is 16.7. The van der Waals surface area contributed by atoms with Gasteiger partial charge in [0.25, 0.3) is 0 Å². The average Bonchev–Trinajstić information content (AvgIpc) is 2.85. The van der Waals surface area contributed by atoms with E-state index < -0.39 is 0 Å². The standard InChI is InChI=1S/C18H18N4/c1-14-16(10-11-19)22-12-6-9-17(18(22)20-14)21(2)13-15-7-4-3-5-8-15/h3-9,12H,10,13H2,1-2H3. The molecule has 4 nitrogen and oxygen atoms in total. The molecule has 0 N–H and O–H groups in total. The lowest BCUT2D eigenvalue weighted by Gasteiger charge is -2.20. The maximum absolute atomic E-state index is 8.99. The highest BCUT2D eigenvalue weighted by molar-refractivity contribution is 5.70. The zero-order valence-electron chi connectivity index (χ0n) is 12.8. The minimum absolute atomic E-state index is 0.374. The normalized spacial score (nSPS) is 10.6. The van der Waals surface area contributed by atoms with E-state index in [-0.39, 0.29) is 0 Å². The van der Waals surface area contributed by atoms with Gasteiger partial charge in [0.15, 0.2) is 5.65 Å². The molecule has 22 heavy (non-hydrogen) atoms. The fourth-order valence-corrected chi connectivity index (χ4v) is 2.74. The van der Waals surface area contributed by atoms with Crippen molar-refractivity contribution in [3.8, 4) is 6.07 Å². The number of pyridine rings is 1. The van der Waals surface area contributed by atoms with Gasteiger partial charge in [0.05, 0.1) is 29.6 Å². The number of nitrogens with zero attached hydrogens (tertiary/aromatic N) is 4. The largest absolute Gasteiger partial charge is 0.367 e. The van der Waals surface area contributed by atoms with Crippen LogP contribution in [0, 0.1) is 18.3 Å². The van der Waals surface area contributed by atoms with Crippen LogP contribution in [0.25, 0.3) is 5.65 Å². The number of benzene rings is 1. The number of rotatable bonds is 4. The Labute approximate surface area is 130 Å². The summed E-state index contributed by atoms with van der Waals surface area (Å²) in [6.07, 6.45) is 2.35. The Morgan fingerprint density at radius 2 is 1.95 bits per heavy atom. The van der Waals surface area contributed by atoms with Crippen LogP contribution in [0.3, 0.4) is 0 Å². The zero-order chi connectivity index (χ0) is 15.5. The lowest BCUT2D eigenvalue weighted by atomic mass is 10.2. The Morgan fingerprint density at radius 3 is 2.68 bits per heavy atom. The summed E-state index contributed by atoms with van der Waals surface area (Å²) in [5.41, 5.74) is 5.12. The molecule has 3 rings (SSSR count). The third-order valence-electron chi connectivity index (χ3n) is 3.85. The SMILES string of the molecule is Cc1nc2c(N(C)Cc3ccccc3)cccn2c1CC#N. The van der Waals surface area contributed by atoms with Gasteiger partial charge in [-0.15, -0.1) is 0 Å². The van der Waals surface area contributed by atoms with Crippen molar-refractivity contribution in [1.29, 1.82) is 5.26 Å². The molecule has 0 aliphatic heterocycles. The Kier molecular flexibility index (Phi) is 3.80. The predicted molar refractivity (Wildman–Crippen MR) is 87.8 cm³/mol. The first-order valence-corrected chi connectivity index (χ1v) is 7.29. The predicted octanol–water partition coefficient (Wildman–Crippen LogP) is 3.35. The number of nitriles is 1. The third kappa shape index (κ3) is 2.53. The van der Waals surface area contributed by atoms with E-state index in [2.05, 4.69) is 53.3 Å². The van der Waals surface area contributed by atoms with E-state index in [1.807, 2.05) is 29.7 Å². The highest BCUT2D eigenvalue weighted by Gasteiger charge is 2.13. The highest BCUT2D eigenvalue weighted by atomic mass is 15.1. The van der Waals surface area contributed by atoms with E-state index in [1.54, 1.807) is 0 Å². The van der Waals surface area contributed by atoms with Gasteiger partial charge in [-0.25, -0.2) is 4.98 Å². The molecule has 0 amide bonds. The molecule has 0 aliphatic rings. The van der Waals surface area contributed by atoms with Crippen molar-refractivity contribution in [2.75, 3.05) is 11.9 Å². The topological polar surface area (TPSA) is 44.3 Å². The lowest BCUT2D eigenvalue weighted by Crippen LogP contribution is -2.17. The quantitative estimate of drug-likeness (QED) is 0.740. The Hall–Kier alpha value is -2.80. The van der Waals surface area contributed by atoms with Crippen molar-refractivity contribution in [3.05, 3.63) is 65.6 Å². The zero-order valence-corrected chi connectivity index (χ0v) is 12.8. The average molecular weight is 290 g/mol. The van der Waals surface area contributed by atoms with Crippen LogP contribution in [0.5, 0.6) is 0 Å². The molecule has 0 saturated heterocycles. The molecule has 2 heterocycles. The minimum atomic E-state index is 0.374. The van der Waals surface area contributed by atoms with E-state index in [9.17, 15) is 0 Å². The summed E-state index contributed by atoms with van der Waals surface area (Å²) < 4.78 is 2.02. The summed E-state index contributed by atoms with van der Waals surface area (Å²) in [7, 11) is 2.07. The second-order valence-electron chi connectivity index (χ2n) is 5.41. The smallest absolute Gasteiger partial charge is 0.160 e. The Balaban J connectivity index is 2.00. The molecule has 110 valence electrons. The third-order valence-corrected chi connectivity index (χ3v) is 3.85. The second-order valence-corrected chi connectivity index (χ2v) is 5.41. The number of aromatic nitrogens is 2. The van der Waals surface area contributed by atoms with Gasteiger partial charge in [0, 0.05) is 19.8 Å². The van der Waals surface area contributed by atoms with Gasteiger partial charge in [-0.05, 0) is 24.6 Å². The maximum Gasteiger partial charge on any atom is 0.160 e. The van der Waals surface area contributed by atoms with Crippen LogP contribution in [0.1, 0.15) is 17.0 Å². The second kappa shape index (κ2) is 5.90. The van der Waals surface area contributed by atoms with E-state index in [0.717, 1.165) is 29.3 Å². The van der Waals surface area contributed by atoms with Gasteiger partial charge in [-0.1, -0.05) is 30.3 Å². The van der Waals surface area contributed by atoms with Gasteiger partial charge in [0.2, 0.25) is 0 Å². The van der Waals surface area contributed by atoms with Crippen LogP contribution < -0.4 is 4.90 Å². The van der Waals surface area contributed by atoms with Crippen molar-refractivity contribution >= 4 is 11.3 Å². The van der Waals surface area contributed by atoms with Gasteiger partial charge < -0.3 is 9.30 Å². The van der Waals surface area contributed by atoms with Crippen molar-refractivity contribution in [2.45, 2.75) is 19.9 Å². The highest BCUT2D eigenvalue weighted by Crippen LogP contribution is 2.24. The number of aryl methyl sites for hydroxylation is 1. The van der Waals surface area contributed by atoms with E-state index >= 15 is 0 Å². The van der Waals surface area contributed by atoms with Crippen molar-refractivity contribution in [2.24, 2.45) is 0 Å². The molecular formula is C18H18N4. The molecule has 0 fully saturated rings. The van der Waals surface area contributed by atoms with Gasteiger partial charge >= 0.3 is 0 Å². The van der Waals surface area contributed by atoms with Crippen LogP contribution >= 0.6 is 0 Å². The van der Waals surface area contributed by atoms with Crippen molar-refractivity contribution in [1.82, 2.24) is 9.38 Å². The molecule has 0 radical (unpaired) electrons. The summed E-state index contributed by atoms with van der Waals surface area (Å²) >= 11 is 0. The Bertz CT molecular complexity index is 827. The summed E-state index contributed by atoms with van der Waals surface area (Å²) in [6.45, 7) is 2.78. The number of hydrogen-bond donors (Lipinski definition) is 0. The van der Waals surface area contributed by atoms with Gasteiger partial charge in [-0.2, -0.15) is 5.26 Å². The van der Waals surface area contributed by atoms with Crippen LogP contribution in [-0.2, 0) is 13.0 Å². The first kappa shape index (κ1) is 14.2. The molecule has 0 bridgehead atoms. The van der Waals surface area contributed by atoms with Crippen LogP contribution in [0.2, 0.25) is 0 Å². The van der Waals surface area contributed by atoms with Crippen LogP contribution in [0.4, 0.5) is 5.69 Å². The van der Waals surface area contributed by atoms with Gasteiger partial charge in [0.1, 0.15) is 0 Å². The van der Waals surface area contributed by atoms with Crippen LogP contribution in [0.15, 0.2) is 48.7 Å². The summed E-state index contributed by atoms with van der Waals surface area (Å²) in [5.74, 6) is 0. The van der Waals surface area contributed by atoms with Crippen molar-refractivity contribution in [3.63, 3.8) is 0 Å². The Morgan fingerprint density at radius 1 is 1.18 bits per heavy atom. The molecule has 0 saturated carbocycles. The number of fused-ring (bicyclic) bond motifs is 1. The molecule has 0 atom stereocenters. The number of anilines is 1. The molecule has 0 aliphatic carbocycles. The maximum atomic E-state index is 8.99. The first-order chi connectivity index (χ1) is 10.7. The van der Waals surface area contributed by atoms with E-state index in [1.165, 1.54) is 5.56 Å². The minimum Gasteiger partial charge on any atom is -0.367 e. The fourth-order valence-electron chi connectivity index (χ4n) is 2.74. The monoisotopic (exact) mass is 290 g/mol. The van der Waals surface area contributed by atoms with Crippen molar-refractivity contribution < 1.29 is 0 Å². The van der Waals surface area contributed by atoms with E-state index in [0.29, 0.717) is 6.42 Å². The number of imidazole rings is 1. The molecule has 4 heteroatoms. The molecule has 3 aromatic rings. The molecule has 0 unspecified atom stereocenters. The summed E-state index contributed by atoms with van der Waals surface area (Å²) in [4.78, 5) is 6.85. The van der Waals surface area contributed by atoms with E-state index in [4.69, 9.17) is 5.26 Å². The molecule has 1 aromatic carbocycles. The van der Waals surface area contributed by atoms with Gasteiger partial charge in [-0.3, -0.25) is 0 Å². The molecular weight excluding hydrogens is 272 g/mol. The number of hydrogen-bond acceptors (Lipinski definition) is 3.